The van der Waals surface area contributed by atoms with Gasteiger partial charge >= 0.3 is 0 Å². The molecule has 1 saturated carbocycles. The topological polar surface area (TPSA) is 56.7 Å². The highest BCUT2D eigenvalue weighted by molar-refractivity contribution is 5.81. The highest BCUT2D eigenvalue weighted by atomic mass is 16.1. The predicted octanol–water partition coefficient (Wildman–Crippen LogP) is 3.14. The van der Waals surface area contributed by atoms with Crippen LogP contribution in [0.5, 0.6) is 0 Å². The molecular formula is C22H34N4O. The first-order chi connectivity index (χ1) is 13.2. The van der Waals surface area contributed by atoms with Crippen LogP contribution in [0.4, 0.5) is 0 Å². The second-order valence-electron chi connectivity index (χ2n) is 8.00. The van der Waals surface area contributed by atoms with E-state index in [2.05, 4.69) is 57.8 Å². The fourth-order valence-electron chi connectivity index (χ4n) is 4.52. The number of likely N-dealkylation sites (tertiary alicyclic amines) is 1. The fourth-order valence-corrected chi connectivity index (χ4v) is 4.52. The van der Waals surface area contributed by atoms with E-state index in [1.165, 1.54) is 18.4 Å². The lowest BCUT2D eigenvalue weighted by Gasteiger charge is -2.39. The summed E-state index contributed by atoms with van der Waals surface area (Å²) in [5.41, 5.74) is 1.44. The molecule has 5 heteroatoms. The van der Waals surface area contributed by atoms with Gasteiger partial charge in [0.15, 0.2) is 5.96 Å². The summed E-state index contributed by atoms with van der Waals surface area (Å²) >= 11 is 0. The molecule has 0 radical (unpaired) electrons. The van der Waals surface area contributed by atoms with E-state index in [9.17, 15) is 4.79 Å². The fraction of sp³-hybridized carbons (Fsp3) is 0.636. The van der Waals surface area contributed by atoms with Gasteiger partial charge in [0.1, 0.15) is 0 Å². The first-order valence-corrected chi connectivity index (χ1v) is 10.5. The Balaban J connectivity index is 1.43. The number of carbonyl (C=O) groups excluding carboxylic acids is 1. The number of rotatable bonds is 5. The molecule has 3 rings (SSSR count). The number of guanidine groups is 1. The third kappa shape index (κ3) is 5.47. The average molecular weight is 371 g/mol. The standard InChI is InChI=1S/C22H34N4O/c1-17-16-26(15-13-20(17)18-8-4-3-5-9-18)22(23-2)24-14-12-21(27)25-19-10-6-7-11-19/h3-5,8-9,17,19-20H,6-7,10-16H2,1-2H3,(H,23,24)(H,25,27). The van der Waals surface area contributed by atoms with Crippen LogP contribution in [0.2, 0.25) is 0 Å². The van der Waals surface area contributed by atoms with Gasteiger partial charge in [0.25, 0.3) is 0 Å². The number of benzene rings is 1. The third-order valence-electron chi connectivity index (χ3n) is 6.00. The molecule has 2 atom stereocenters. The molecule has 1 amide bonds. The number of hydrogen-bond acceptors (Lipinski definition) is 2. The number of nitrogens with zero attached hydrogens (tertiary/aromatic N) is 2. The molecule has 1 aromatic rings. The van der Waals surface area contributed by atoms with Crippen molar-refractivity contribution in [3.05, 3.63) is 35.9 Å². The summed E-state index contributed by atoms with van der Waals surface area (Å²) in [5.74, 6) is 2.26. The predicted molar refractivity (Wildman–Crippen MR) is 111 cm³/mol. The largest absolute Gasteiger partial charge is 0.356 e. The van der Waals surface area contributed by atoms with Crippen LogP contribution < -0.4 is 10.6 Å². The molecule has 148 valence electrons. The van der Waals surface area contributed by atoms with E-state index >= 15 is 0 Å². The summed E-state index contributed by atoms with van der Waals surface area (Å²) in [4.78, 5) is 18.9. The van der Waals surface area contributed by atoms with Crippen molar-refractivity contribution in [2.75, 3.05) is 26.7 Å². The Morgan fingerprint density at radius 1 is 1.19 bits per heavy atom. The maximum Gasteiger partial charge on any atom is 0.221 e. The van der Waals surface area contributed by atoms with Gasteiger partial charge in [0, 0.05) is 39.1 Å². The van der Waals surface area contributed by atoms with Crippen LogP contribution in [-0.2, 0) is 4.79 Å². The number of nitrogens with one attached hydrogen (secondary N) is 2. The maximum atomic E-state index is 12.1. The summed E-state index contributed by atoms with van der Waals surface area (Å²) in [6, 6.07) is 11.2. The number of hydrogen-bond donors (Lipinski definition) is 2. The highest BCUT2D eigenvalue weighted by Crippen LogP contribution is 2.32. The van der Waals surface area contributed by atoms with Gasteiger partial charge in [0.2, 0.25) is 5.91 Å². The van der Waals surface area contributed by atoms with Crippen LogP contribution in [0.1, 0.15) is 56.9 Å². The smallest absolute Gasteiger partial charge is 0.221 e. The van der Waals surface area contributed by atoms with Crippen LogP contribution in [0.15, 0.2) is 35.3 Å². The monoisotopic (exact) mass is 370 g/mol. The molecule has 0 bridgehead atoms. The zero-order chi connectivity index (χ0) is 19.1. The van der Waals surface area contributed by atoms with Crippen molar-refractivity contribution >= 4 is 11.9 Å². The van der Waals surface area contributed by atoms with E-state index in [-0.39, 0.29) is 5.91 Å². The Labute approximate surface area is 163 Å². The van der Waals surface area contributed by atoms with Gasteiger partial charge in [-0.1, -0.05) is 50.1 Å². The van der Waals surface area contributed by atoms with Crippen LogP contribution >= 0.6 is 0 Å². The molecule has 1 heterocycles. The molecule has 27 heavy (non-hydrogen) atoms. The van der Waals surface area contributed by atoms with E-state index in [4.69, 9.17) is 0 Å². The second-order valence-corrected chi connectivity index (χ2v) is 8.00. The van der Waals surface area contributed by atoms with Crippen molar-refractivity contribution in [3.63, 3.8) is 0 Å². The molecule has 1 aliphatic heterocycles. The molecule has 2 fully saturated rings. The van der Waals surface area contributed by atoms with E-state index in [1.54, 1.807) is 0 Å². The van der Waals surface area contributed by atoms with Crippen LogP contribution in [0.25, 0.3) is 0 Å². The molecule has 2 unspecified atom stereocenters. The Hall–Kier alpha value is -2.04. The van der Waals surface area contributed by atoms with Gasteiger partial charge in [-0.05, 0) is 36.7 Å². The minimum atomic E-state index is 0.154. The zero-order valence-electron chi connectivity index (χ0n) is 16.8. The van der Waals surface area contributed by atoms with E-state index < -0.39 is 0 Å². The summed E-state index contributed by atoms with van der Waals surface area (Å²) in [6.45, 7) is 4.95. The van der Waals surface area contributed by atoms with Gasteiger partial charge in [-0.3, -0.25) is 9.79 Å². The van der Waals surface area contributed by atoms with Gasteiger partial charge in [-0.15, -0.1) is 0 Å². The molecule has 5 nitrogen and oxygen atoms in total. The summed E-state index contributed by atoms with van der Waals surface area (Å²) in [6.07, 6.45) is 6.39. The SMILES string of the molecule is CN=C(NCCC(=O)NC1CCCC1)N1CCC(c2ccccc2)C(C)C1. The van der Waals surface area contributed by atoms with Crippen molar-refractivity contribution in [1.82, 2.24) is 15.5 Å². The summed E-state index contributed by atoms with van der Waals surface area (Å²) in [5, 5.41) is 6.53. The molecule has 0 spiro atoms. The van der Waals surface area contributed by atoms with Crippen molar-refractivity contribution in [3.8, 4) is 0 Å². The average Bonchev–Trinajstić information content (AvgIpc) is 3.19. The van der Waals surface area contributed by atoms with E-state index in [1.807, 2.05) is 7.05 Å². The second kappa shape index (κ2) is 9.77. The molecular weight excluding hydrogens is 336 g/mol. The van der Waals surface area contributed by atoms with Crippen molar-refractivity contribution < 1.29 is 4.79 Å². The number of amides is 1. The van der Waals surface area contributed by atoms with Gasteiger partial charge in [-0.2, -0.15) is 0 Å². The number of aliphatic imine (C=N–C) groups is 1. The lowest BCUT2D eigenvalue weighted by atomic mass is 9.82. The van der Waals surface area contributed by atoms with Gasteiger partial charge < -0.3 is 15.5 Å². The Morgan fingerprint density at radius 2 is 1.93 bits per heavy atom. The van der Waals surface area contributed by atoms with Crippen molar-refractivity contribution in [2.45, 2.75) is 57.4 Å². The van der Waals surface area contributed by atoms with Gasteiger partial charge in [0.05, 0.1) is 0 Å². The number of piperidine rings is 1. The van der Waals surface area contributed by atoms with Crippen LogP contribution in [0.3, 0.4) is 0 Å². The molecule has 1 aliphatic carbocycles. The normalized spacial score (nSPS) is 24.1. The third-order valence-corrected chi connectivity index (χ3v) is 6.00. The highest BCUT2D eigenvalue weighted by Gasteiger charge is 2.28. The van der Waals surface area contributed by atoms with Crippen LogP contribution in [-0.4, -0.2) is 49.5 Å². The summed E-state index contributed by atoms with van der Waals surface area (Å²) in [7, 11) is 1.83. The number of carbonyl (C=O) groups is 1. The van der Waals surface area contributed by atoms with Crippen LogP contribution in [0, 0.1) is 5.92 Å². The van der Waals surface area contributed by atoms with E-state index in [0.29, 0.717) is 30.8 Å². The summed E-state index contributed by atoms with van der Waals surface area (Å²) < 4.78 is 0. The Kier molecular flexibility index (Phi) is 7.13. The molecule has 1 aromatic carbocycles. The molecule has 0 aromatic heterocycles. The van der Waals surface area contributed by atoms with Gasteiger partial charge in [-0.25, -0.2) is 0 Å². The zero-order valence-corrected chi connectivity index (χ0v) is 16.8. The van der Waals surface area contributed by atoms with E-state index in [0.717, 1.165) is 38.3 Å². The minimum Gasteiger partial charge on any atom is -0.356 e. The minimum absolute atomic E-state index is 0.154. The first-order valence-electron chi connectivity index (χ1n) is 10.5. The Morgan fingerprint density at radius 3 is 2.59 bits per heavy atom. The quantitative estimate of drug-likeness (QED) is 0.618. The van der Waals surface area contributed by atoms with Crippen molar-refractivity contribution in [1.29, 1.82) is 0 Å². The van der Waals surface area contributed by atoms with Crippen molar-refractivity contribution in [2.24, 2.45) is 10.9 Å². The molecule has 2 N–H and O–H groups in total. The Bertz CT molecular complexity index is 624. The lowest BCUT2D eigenvalue weighted by Crippen LogP contribution is -2.48. The lowest BCUT2D eigenvalue weighted by molar-refractivity contribution is -0.121. The molecule has 1 saturated heterocycles. The molecule has 2 aliphatic rings. The first kappa shape index (κ1) is 19.7. The maximum absolute atomic E-state index is 12.1.